The van der Waals surface area contributed by atoms with Crippen LogP contribution in [0.4, 0.5) is 17.6 Å². The van der Waals surface area contributed by atoms with E-state index < -0.39 is 23.3 Å². The first-order valence-electron chi connectivity index (χ1n) is 14.2. The van der Waals surface area contributed by atoms with Gasteiger partial charge in [-0.15, -0.1) is 0 Å². The average molecular weight is 596 g/mol. The predicted molar refractivity (Wildman–Crippen MR) is 170 cm³/mol. The third kappa shape index (κ3) is 4.69. The van der Waals surface area contributed by atoms with Crippen LogP contribution in [0.1, 0.15) is 0 Å². The largest absolute Gasteiger partial charge is 0.309 e. The maximum atomic E-state index is 14.2. The third-order valence-electron chi connectivity index (χ3n) is 8.03. The van der Waals surface area contributed by atoms with Crippen molar-refractivity contribution in [1.29, 1.82) is 0 Å². The normalized spacial score (nSPS) is 11.6. The zero-order valence-corrected chi connectivity index (χ0v) is 23.5. The van der Waals surface area contributed by atoms with Gasteiger partial charge in [-0.2, -0.15) is 0 Å². The Morgan fingerprint density at radius 1 is 0.489 bits per heavy atom. The van der Waals surface area contributed by atoms with Crippen LogP contribution in [0.15, 0.2) is 128 Å². The fourth-order valence-corrected chi connectivity index (χ4v) is 6.04. The Kier molecular flexibility index (Phi) is 6.20. The highest BCUT2D eigenvalue weighted by Crippen LogP contribution is 2.39. The summed E-state index contributed by atoms with van der Waals surface area (Å²) >= 11 is 0. The van der Waals surface area contributed by atoms with E-state index in [4.69, 9.17) is 4.98 Å². The van der Waals surface area contributed by atoms with Gasteiger partial charge in [0.2, 0.25) is 0 Å². The van der Waals surface area contributed by atoms with Crippen molar-refractivity contribution in [3.63, 3.8) is 0 Å². The lowest BCUT2D eigenvalue weighted by Crippen LogP contribution is -1.99. The number of benzene rings is 6. The molecule has 6 aromatic carbocycles. The van der Waals surface area contributed by atoms with Gasteiger partial charge in [-0.25, -0.2) is 27.5 Å². The molecule has 216 valence electrons. The Hall–Kier alpha value is -5.82. The van der Waals surface area contributed by atoms with Gasteiger partial charge >= 0.3 is 0 Å². The molecule has 0 fully saturated rings. The second-order valence-corrected chi connectivity index (χ2v) is 10.9. The number of hydrogen-bond donors (Lipinski definition) is 0. The summed E-state index contributed by atoms with van der Waals surface area (Å²) in [6, 6.07) is 33.6. The van der Waals surface area contributed by atoms with E-state index in [9.17, 15) is 17.6 Å². The summed E-state index contributed by atoms with van der Waals surface area (Å²) in [5.41, 5.74) is 6.10. The molecule has 7 heteroatoms. The standard InChI is InChI=1S/C38H21F4N3/c39-27-13-25(14-28(40)19-27)22-9-11-36-32(17-22)33-18-23(26-15-29(41)20-30(42)16-26)10-12-37(33)45(36)35-8-4-2-6-31(35)38-43-21-24-5-1-3-7-34(24)44-38/h1-21H. The van der Waals surface area contributed by atoms with Gasteiger partial charge in [-0.05, 0) is 89.0 Å². The van der Waals surface area contributed by atoms with Crippen LogP contribution >= 0.6 is 0 Å². The smallest absolute Gasteiger partial charge is 0.161 e. The van der Waals surface area contributed by atoms with Gasteiger partial charge in [0.1, 0.15) is 23.3 Å². The summed E-state index contributed by atoms with van der Waals surface area (Å²) in [5.74, 6) is -2.14. The lowest BCUT2D eigenvalue weighted by molar-refractivity contribution is 0.583. The minimum absolute atomic E-state index is 0.392. The van der Waals surface area contributed by atoms with Crippen molar-refractivity contribution in [3.05, 3.63) is 151 Å². The quantitative estimate of drug-likeness (QED) is 0.190. The summed E-state index contributed by atoms with van der Waals surface area (Å²) in [6.07, 6.45) is 1.80. The Labute approximate surface area is 254 Å². The van der Waals surface area contributed by atoms with E-state index in [1.807, 2.05) is 84.9 Å². The predicted octanol–water partition coefficient (Wildman–Crippen LogP) is 10.3. The van der Waals surface area contributed by atoms with Crippen molar-refractivity contribution >= 4 is 32.7 Å². The van der Waals surface area contributed by atoms with E-state index in [2.05, 4.69) is 9.55 Å². The van der Waals surface area contributed by atoms with Crippen LogP contribution in [0.3, 0.4) is 0 Å². The minimum atomic E-state index is -0.674. The maximum absolute atomic E-state index is 14.2. The van der Waals surface area contributed by atoms with E-state index >= 15 is 0 Å². The number of halogens is 4. The van der Waals surface area contributed by atoms with Gasteiger partial charge in [-0.3, -0.25) is 0 Å². The highest BCUT2D eigenvalue weighted by atomic mass is 19.1. The van der Waals surface area contributed by atoms with Crippen LogP contribution in [0.5, 0.6) is 0 Å². The first-order valence-corrected chi connectivity index (χ1v) is 14.2. The molecule has 8 aromatic rings. The van der Waals surface area contributed by atoms with E-state index in [1.165, 1.54) is 24.3 Å². The fraction of sp³-hybridized carbons (Fsp3) is 0. The van der Waals surface area contributed by atoms with Crippen molar-refractivity contribution in [2.24, 2.45) is 0 Å². The molecule has 0 aliphatic carbocycles. The molecule has 0 amide bonds. The molecule has 0 aliphatic heterocycles. The molecule has 0 spiro atoms. The molecule has 0 saturated heterocycles. The van der Waals surface area contributed by atoms with Crippen LogP contribution < -0.4 is 0 Å². The summed E-state index contributed by atoms with van der Waals surface area (Å²) in [5, 5.41) is 2.51. The van der Waals surface area contributed by atoms with Gasteiger partial charge in [0.05, 0.1) is 22.2 Å². The molecular formula is C38H21F4N3. The molecule has 0 saturated carbocycles. The van der Waals surface area contributed by atoms with Crippen molar-refractivity contribution in [2.75, 3.05) is 0 Å². The monoisotopic (exact) mass is 595 g/mol. The number of nitrogens with zero attached hydrogens (tertiary/aromatic N) is 3. The van der Waals surface area contributed by atoms with Gasteiger partial charge < -0.3 is 4.57 Å². The molecule has 0 aliphatic rings. The van der Waals surface area contributed by atoms with Gasteiger partial charge in [-0.1, -0.05) is 42.5 Å². The number of fused-ring (bicyclic) bond motifs is 4. The molecule has 0 atom stereocenters. The molecule has 8 rings (SSSR count). The molecule has 45 heavy (non-hydrogen) atoms. The van der Waals surface area contributed by atoms with Gasteiger partial charge in [0.15, 0.2) is 5.82 Å². The third-order valence-corrected chi connectivity index (χ3v) is 8.03. The lowest BCUT2D eigenvalue weighted by atomic mass is 10.00. The zero-order chi connectivity index (χ0) is 30.7. The molecule has 0 bridgehead atoms. The first kappa shape index (κ1) is 26.8. The molecule has 2 heterocycles. The second-order valence-electron chi connectivity index (χ2n) is 10.9. The molecule has 0 radical (unpaired) electrons. The Morgan fingerprint density at radius 3 is 1.62 bits per heavy atom. The SMILES string of the molecule is Fc1cc(F)cc(-c2ccc3c(c2)c2cc(-c4cc(F)cc(F)c4)ccc2n3-c2ccccc2-c2ncc3ccccc3n2)c1. The Morgan fingerprint density at radius 2 is 1.02 bits per heavy atom. The van der Waals surface area contributed by atoms with Crippen molar-refractivity contribution < 1.29 is 17.6 Å². The number of aromatic nitrogens is 3. The molecule has 2 aromatic heterocycles. The summed E-state index contributed by atoms with van der Waals surface area (Å²) in [6.45, 7) is 0. The zero-order valence-electron chi connectivity index (χ0n) is 23.5. The van der Waals surface area contributed by atoms with Crippen molar-refractivity contribution in [3.8, 4) is 39.3 Å². The Bertz CT molecular complexity index is 2300. The highest BCUT2D eigenvalue weighted by molar-refractivity contribution is 6.12. The van der Waals surface area contributed by atoms with E-state index in [-0.39, 0.29) is 0 Å². The summed E-state index contributed by atoms with van der Waals surface area (Å²) in [4.78, 5) is 9.53. The maximum Gasteiger partial charge on any atom is 0.161 e. The minimum Gasteiger partial charge on any atom is -0.309 e. The van der Waals surface area contributed by atoms with Gasteiger partial charge in [0.25, 0.3) is 0 Å². The Balaban J connectivity index is 1.41. The van der Waals surface area contributed by atoms with Gasteiger partial charge in [0, 0.05) is 40.1 Å². The topological polar surface area (TPSA) is 30.7 Å². The molecule has 0 N–H and O–H groups in total. The molecular weight excluding hydrogens is 574 g/mol. The number of rotatable bonds is 4. The fourth-order valence-electron chi connectivity index (χ4n) is 6.04. The van der Waals surface area contributed by atoms with Crippen LogP contribution in [0.25, 0.3) is 72.0 Å². The van der Waals surface area contributed by atoms with Crippen LogP contribution in [-0.4, -0.2) is 14.5 Å². The van der Waals surface area contributed by atoms with E-state index in [1.54, 1.807) is 6.20 Å². The molecule has 3 nitrogen and oxygen atoms in total. The summed E-state index contributed by atoms with van der Waals surface area (Å²) in [7, 11) is 0. The van der Waals surface area contributed by atoms with E-state index in [0.717, 1.165) is 56.1 Å². The highest BCUT2D eigenvalue weighted by Gasteiger charge is 2.19. The van der Waals surface area contributed by atoms with Crippen LogP contribution in [-0.2, 0) is 0 Å². The van der Waals surface area contributed by atoms with E-state index in [0.29, 0.717) is 28.1 Å². The second kappa shape index (κ2) is 10.4. The van der Waals surface area contributed by atoms with Crippen LogP contribution in [0.2, 0.25) is 0 Å². The first-order chi connectivity index (χ1) is 21.9. The summed E-state index contributed by atoms with van der Waals surface area (Å²) < 4.78 is 58.9. The average Bonchev–Trinajstić information content (AvgIpc) is 3.36. The lowest BCUT2D eigenvalue weighted by Gasteiger charge is -2.13. The van der Waals surface area contributed by atoms with Crippen molar-refractivity contribution in [2.45, 2.75) is 0 Å². The molecule has 0 unspecified atom stereocenters. The van der Waals surface area contributed by atoms with Crippen LogP contribution in [0, 0.1) is 23.3 Å². The number of hydrogen-bond acceptors (Lipinski definition) is 2. The van der Waals surface area contributed by atoms with Crippen molar-refractivity contribution in [1.82, 2.24) is 14.5 Å². The number of para-hydroxylation sites is 2.